The Bertz CT molecular complexity index is 1390. The van der Waals surface area contributed by atoms with Crippen LogP contribution in [-0.4, -0.2) is 27.3 Å². The topological polar surface area (TPSA) is 88.6 Å². The van der Waals surface area contributed by atoms with Crippen LogP contribution < -0.4 is 4.80 Å². The number of non-ortho nitro benzene ring substituents is 1. The van der Waals surface area contributed by atoms with Crippen molar-refractivity contribution in [3.63, 3.8) is 0 Å². The molecule has 0 aliphatic rings. The summed E-state index contributed by atoms with van der Waals surface area (Å²) in [5.41, 5.74) is 5.46. The Balaban J connectivity index is 1.86. The molecule has 1 N–H and O–H groups in total. The highest BCUT2D eigenvalue weighted by Crippen LogP contribution is 2.25. The van der Waals surface area contributed by atoms with E-state index in [1.807, 2.05) is 55.8 Å². The smallest absolute Gasteiger partial charge is 0.270 e. The van der Waals surface area contributed by atoms with Gasteiger partial charge in [0.2, 0.25) is 4.80 Å². The number of thiazole rings is 1. The van der Waals surface area contributed by atoms with E-state index in [2.05, 4.69) is 16.6 Å². The maximum Gasteiger partial charge on any atom is 0.270 e. The molecule has 0 atom stereocenters. The third kappa shape index (κ3) is 4.24. The third-order valence-corrected chi connectivity index (χ3v) is 5.62. The number of hydrogen-bond acceptors (Lipinski definition) is 5. The van der Waals surface area contributed by atoms with Gasteiger partial charge in [-0.15, -0.1) is 11.3 Å². The number of H-pyrrole nitrogens is 1. The fourth-order valence-corrected chi connectivity index (χ4v) is 4.12. The second kappa shape index (κ2) is 8.53. The molecule has 0 aliphatic heterocycles. The SMILES string of the molecule is C=C(C)CN=c1scc(-c2cccc([N+](=O)[O-])c2)n1N=Cc1c(C)[nH]c2ccccc12. The highest BCUT2D eigenvalue weighted by Gasteiger charge is 2.13. The van der Waals surface area contributed by atoms with Gasteiger partial charge >= 0.3 is 0 Å². The maximum absolute atomic E-state index is 11.2. The van der Waals surface area contributed by atoms with Crippen LogP contribution in [0.2, 0.25) is 0 Å². The number of aromatic amines is 1. The van der Waals surface area contributed by atoms with E-state index in [4.69, 9.17) is 5.10 Å². The largest absolute Gasteiger partial charge is 0.358 e. The summed E-state index contributed by atoms with van der Waals surface area (Å²) >= 11 is 1.44. The van der Waals surface area contributed by atoms with E-state index >= 15 is 0 Å². The van der Waals surface area contributed by atoms with Crippen molar-refractivity contribution in [2.24, 2.45) is 10.1 Å². The Morgan fingerprint density at radius 1 is 1.29 bits per heavy atom. The molecule has 0 amide bonds. The van der Waals surface area contributed by atoms with Gasteiger partial charge in [-0.3, -0.25) is 15.1 Å². The van der Waals surface area contributed by atoms with Gasteiger partial charge in [0.05, 0.1) is 23.4 Å². The monoisotopic (exact) mass is 431 g/mol. The number of fused-ring (bicyclic) bond motifs is 1. The first-order valence-electron chi connectivity index (χ1n) is 9.66. The lowest BCUT2D eigenvalue weighted by Crippen LogP contribution is -2.13. The summed E-state index contributed by atoms with van der Waals surface area (Å²) in [5, 5.41) is 19.0. The fourth-order valence-electron chi connectivity index (χ4n) is 3.28. The molecule has 31 heavy (non-hydrogen) atoms. The van der Waals surface area contributed by atoms with Crippen LogP contribution in [-0.2, 0) is 0 Å². The Hall–Kier alpha value is -3.78. The molecule has 0 radical (unpaired) electrons. The standard InChI is InChI=1S/C23H21N5O2S/c1-15(2)12-24-23-27(22(14-31-23)17-7-6-8-18(11-17)28(29)30)25-13-20-16(3)26-21-10-5-4-9-19(20)21/h4-11,13-14,26H,1,12H2,2-3H3. The molecule has 8 heteroatoms. The van der Waals surface area contributed by atoms with Crippen LogP contribution in [0, 0.1) is 17.0 Å². The first kappa shape index (κ1) is 20.5. The van der Waals surface area contributed by atoms with E-state index in [-0.39, 0.29) is 5.69 Å². The molecule has 0 bridgehead atoms. The van der Waals surface area contributed by atoms with Crippen LogP contribution in [0.1, 0.15) is 18.2 Å². The van der Waals surface area contributed by atoms with Gasteiger partial charge < -0.3 is 4.98 Å². The van der Waals surface area contributed by atoms with Crippen LogP contribution in [0.4, 0.5) is 5.69 Å². The van der Waals surface area contributed by atoms with Crippen molar-refractivity contribution in [1.29, 1.82) is 0 Å². The number of aryl methyl sites for hydroxylation is 1. The van der Waals surface area contributed by atoms with Crippen molar-refractivity contribution in [2.45, 2.75) is 13.8 Å². The maximum atomic E-state index is 11.2. The first-order chi connectivity index (χ1) is 14.9. The number of nitro groups is 1. The molecule has 4 rings (SSSR count). The lowest BCUT2D eigenvalue weighted by atomic mass is 10.1. The quantitative estimate of drug-likeness (QED) is 0.195. The van der Waals surface area contributed by atoms with Crippen molar-refractivity contribution < 1.29 is 4.92 Å². The minimum Gasteiger partial charge on any atom is -0.358 e. The zero-order valence-electron chi connectivity index (χ0n) is 17.2. The molecule has 2 aromatic heterocycles. The van der Waals surface area contributed by atoms with Crippen LogP contribution in [0.15, 0.2) is 76.2 Å². The van der Waals surface area contributed by atoms with E-state index in [0.29, 0.717) is 16.9 Å². The second-order valence-electron chi connectivity index (χ2n) is 7.25. The molecule has 2 heterocycles. The number of nitro benzene ring substituents is 1. The molecule has 0 saturated carbocycles. The number of benzene rings is 2. The predicted octanol–water partition coefficient (Wildman–Crippen LogP) is 5.27. The summed E-state index contributed by atoms with van der Waals surface area (Å²) in [5.74, 6) is 0. The number of aromatic nitrogens is 2. The normalized spacial score (nSPS) is 12.1. The Morgan fingerprint density at radius 3 is 2.87 bits per heavy atom. The van der Waals surface area contributed by atoms with Crippen LogP contribution in [0.25, 0.3) is 22.2 Å². The van der Waals surface area contributed by atoms with Gasteiger partial charge in [-0.2, -0.15) is 5.10 Å². The number of nitrogens with one attached hydrogen (secondary N) is 1. The summed E-state index contributed by atoms with van der Waals surface area (Å²) in [4.78, 5) is 19.5. The van der Waals surface area contributed by atoms with Gasteiger partial charge in [-0.1, -0.05) is 42.5 Å². The fraction of sp³-hybridized carbons (Fsp3) is 0.130. The van der Waals surface area contributed by atoms with Crippen molar-refractivity contribution in [3.05, 3.63) is 92.2 Å². The average Bonchev–Trinajstić information content (AvgIpc) is 3.30. The first-order valence-corrected chi connectivity index (χ1v) is 10.5. The van der Waals surface area contributed by atoms with Gasteiger partial charge in [0.25, 0.3) is 5.69 Å². The van der Waals surface area contributed by atoms with Crippen molar-refractivity contribution in [1.82, 2.24) is 9.66 Å². The summed E-state index contributed by atoms with van der Waals surface area (Å²) in [6.07, 6.45) is 1.81. The zero-order chi connectivity index (χ0) is 22.0. The van der Waals surface area contributed by atoms with E-state index in [0.717, 1.165) is 33.4 Å². The van der Waals surface area contributed by atoms with Gasteiger partial charge in [0.1, 0.15) is 0 Å². The highest BCUT2D eigenvalue weighted by molar-refractivity contribution is 7.07. The molecule has 4 aromatic rings. The average molecular weight is 432 g/mol. The lowest BCUT2D eigenvalue weighted by Gasteiger charge is -2.04. The highest BCUT2D eigenvalue weighted by atomic mass is 32.1. The molecule has 156 valence electrons. The van der Waals surface area contributed by atoms with Crippen LogP contribution in [0.3, 0.4) is 0 Å². The Labute approximate surface area is 182 Å². The molecular formula is C23H21N5O2S. The van der Waals surface area contributed by atoms with Crippen molar-refractivity contribution in [2.75, 3.05) is 6.54 Å². The predicted molar refractivity (Wildman–Crippen MR) is 126 cm³/mol. The van der Waals surface area contributed by atoms with Gasteiger partial charge in [0, 0.05) is 45.2 Å². The zero-order valence-corrected chi connectivity index (χ0v) is 18.0. The number of para-hydroxylation sites is 1. The van der Waals surface area contributed by atoms with E-state index in [9.17, 15) is 10.1 Å². The third-order valence-electron chi connectivity index (χ3n) is 4.77. The van der Waals surface area contributed by atoms with Crippen LogP contribution in [0.5, 0.6) is 0 Å². The number of rotatable bonds is 6. The summed E-state index contributed by atoms with van der Waals surface area (Å²) in [6, 6.07) is 14.6. The molecule has 0 saturated heterocycles. The molecule has 0 unspecified atom stereocenters. The number of nitrogens with zero attached hydrogens (tertiary/aromatic N) is 4. The van der Waals surface area contributed by atoms with E-state index in [1.54, 1.807) is 16.8 Å². The molecule has 2 aromatic carbocycles. The van der Waals surface area contributed by atoms with Crippen LogP contribution >= 0.6 is 11.3 Å². The van der Waals surface area contributed by atoms with Gasteiger partial charge in [-0.25, -0.2) is 4.68 Å². The Morgan fingerprint density at radius 2 is 2.10 bits per heavy atom. The van der Waals surface area contributed by atoms with Gasteiger partial charge in [-0.05, 0) is 19.9 Å². The van der Waals surface area contributed by atoms with Crippen molar-refractivity contribution >= 4 is 34.1 Å². The lowest BCUT2D eigenvalue weighted by molar-refractivity contribution is -0.384. The minimum atomic E-state index is -0.398. The van der Waals surface area contributed by atoms with Crippen molar-refractivity contribution in [3.8, 4) is 11.3 Å². The molecule has 0 fully saturated rings. The molecule has 0 spiro atoms. The number of hydrogen-bond donors (Lipinski definition) is 1. The molecular weight excluding hydrogens is 410 g/mol. The van der Waals surface area contributed by atoms with E-state index < -0.39 is 4.92 Å². The summed E-state index contributed by atoms with van der Waals surface area (Å²) in [7, 11) is 0. The summed E-state index contributed by atoms with van der Waals surface area (Å²) in [6.45, 7) is 8.32. The second-order valence-corrected chi connectivity index (χ2v) is 8.09. The van der Waals surface area contributed by atoms with E-state index in [1.165, 1.54) is 17.4 Å². The van der Waals surface area contributed by atoms with Gasteiger partial charge in [0.15, 0.2) is 0 Å². The minimum absolute atomic E-state index is 0.0344. The molecule has 0 aliphatic carbocycles. The Kier molecular flexibility index (Phi) is 5.64. The summed E-state index contributed by atoms with van der Waals surface area (Å²) < 4.78 is 1.73. The molecule has 7 nitrogen and oxygen atoms in total.